The smallest absolute Gasteiger partial charge is 0.255 e. The van der Waals surface area contributed by atoms with Gasteiger partial charge in [-0.2, -0.15) is 4.31 Å². The summed E-state index contributed by atoms with van der Waals surface area (Å²) in [6.45, 7) is 6.87. The predicted molar refractivity (Wildman–Crippen MR) is 117 cm³/mol. The molecule has 0 bridgehead atoms. The molecule has 2 aromatic carbocycles. The highest BCUT2D eigenvalue weighted by molar-refractivity contribution is 7.89. The Balaban J connectivity index is 1.92. The molecule has 1 heterocycles. The normalized spacial score (nSPS) is 15.7. The summed E-state index contributed by atoms with van der Waals surface area (Å²) in [5.74, 6) is -0.290. The minimum atomic E-state index is -3.61. The molecular weight excluding hydrogens is 384 g/mol. The van der Waals surface area contributed by atoms with Crippen LogP contribution in [-0.2, 0) is 16.4 Å². The summed E-state index contributed by atoms with van der Waals surface area (Å²) in [5, 5.41) is 2.99. The van der Waals surface area contributed by atoms with Crippen LogP contribution in [-0.4, -0.2) is 31.7 Å². The second-order valence-corrected chi connectivity index (χ2v) is 9.62. The summed E-state index contributed by atoms with van der Waals surface area (Å²) < 4.78 is 28.1. The number of carbonyl (C=O) groups is 1. The first kappa shape index (κ1) is 21.5. The number of benzene rings is 2. The van der Waals surface area contributed by atoms with Crippen LogP contribution in [0, 0.1) is 13.8 Å². The van der Waals surface area contributed by atoms with Gasteiger partial charge >= 0.3 is 0 Å². The third-order valence-electron chi connectivity index (χ3n) is 5.61. The van der Waals surface area contributed by atoms with Crippen molar-refractivity contribution < 1.29 is 13.2 Å². The molecule has 3 rings (SSSR count). The Bertz CT molecular complexity index is 991. The van der Waals surface area contributed by atoms with Crippen molar-refractivity contribution in [1.29, 1.82) is 0 Å². The summed E-state index contributed by atoms with van der Waals surface area (Å²) >= 11 is 0. The zero-order valence-corrected chi connectivity index (χ0v) is 18.3. The van der Waals surface area contributed by atoms with Crippen LogP contribution in [0.2, 0.25) is 0 Å². The maximum Gasteiger partial charge on any atom is 0.255 e. The molecule has 0 unspecified atom stereocenters. The molecule has 0 saturated carbocycles. The zero-order valence-electron chi connectivity index (χ0n) is 17.5. The SMILES string of the molecule is CCc1cccc(C)c1NC(=O)c1ccc(C)c(S(=O)(=O)N2CCCCCC2)c1. The lowest BCUT2D eigenvalue weighted by Gasteiger charge is -2.21. The first-order valence-electron chi connectivity index (χ1n) is 10.3. The maximum absolute atomic E-state index is 13.2. The predicted octanol–water partition coefficient (Wildman–Crippen LogP) is 4.68. The van der Waals surface area contributed by atoms with Crippen molar-refractivity contribution >= 4 is 21.6 Å². The fourth-order valence-electron chi connectivity index (χ4n) is 3.83. The van der Waals surface area contributed by atoms with E-state index in [4.69, 9.17) is 0 Å². The number of hydrogen-bond donors (Lipinski definition) is 1. The van der Waals surface area contributed by atoms with Crippen LogP contribution < -0.4 is 5.32 Å². The number of nitrogens with zero attached hydrogens (tertiary/aromatic N) is 1. The lowest BCUT2D eigenvalue weighted by molar-refractivity contribution is 0.102. The van der Waals surface area contributed by atoms with Crippen LogP contribution in [0.4, 0.5) is 5.69 Å². The summed E-state index contributed by atoms with van der Waals surface area (Å²) in [6.07, 6.45) is 4.68. The molecule has 5 nitrogen and oxygen atoms in total. The van der Waals surface area contributed by atoms with Crippen LogP contribution in [0.25, 0.3) is 0 Å². The quantitative estimate of drug-likeness (QED) is 0.772. The summed E-state index contributed by atoms with van der Waals surface area (Å²) in [6, 6.07) is 10.9. The second kappa shape index (κ2) is 9.09. The molecule has 1 saturated heterocycles. The molecular formula is C23H30N2O3S. The van der Waals surface area contributed by atoms with Gasteiger partial charge in [0.2, 0.25) is 10.0 Å². The highest BCUT2D eigenvalue weighted by atomic mass is 32.2. The molecule has 1 aliphatic heterocycles. The van der Waals surface area contributed by atoms with E-state index in [0.717, 1.165) is 48.9 Å². The third kappa shape index (κ3) is 4.70. The largest absolute Gasteiger partial charge is 0.321 e. The first-order valence-corrected chi connectivity index (χ1v) is 11.8. The van der Waals surface area contributed by atoms with Crippen LogP contribution in [0.5, 0.6) is 0 Å². The van der Waals surface area contributed by atoms with E-state index in [1.807, 2.05) is 32.0 Å². The average molecular weight is 415 g/mol. The Morgan fingerprint density at radius 3 is 2.34 bits per heavy atom. The number of aryl methyl sites for hydroxylation is 3. The monoisotopic (exact) mass is 414 g/mol. The maximum atomic E-state index is 13.2. The lowest BCUT2D eigenvalue weighted by Crippen LogP contribution is -2.32. The molecule has 156 valence electrons. The van der Waals surface area contributed by atoms with Gasteiger partial charge in [-0.25, -0.2) is 8.42 Å². The summed E-state index contributed by atoms with van der Waals surface area (Å²) in [4.78, 5) is 13.2. The number of carbonyl (C=O) groups excluding carboxylic acids is 1. The molecule has 0 spiro atoms. The fourth-order valence-corrected chi connectivity index (χ4v) is 5.60. The van der Waals surface area contributed by atoms with E-state index in [1.54, 1.807) is 23.4 Å². The third-order valence-corrected chi connectivity index (χ3v) is 7.65. The molecule has 1 aliphatic rings. The highest BCUT2D eigenvalue weighted by Gasteiger charge is 2.27. The van der Waals surface area contributed by atoms with Gasteiger partial charge in [0.25, 0.3) is 5.91 Å². The Hall–Kier alpha value is -2.18. The van der Waals surface area contributed by atoms with Crippen molar-refractivity contribution in [3.8, 4) is 0 Å². The van der Waals surface area contributed by atoms with Crippen LogP contribution >= 0.6 is 0 Å². The highest BCUT2D eigenvalue weighted by Crippen LogP contribution is 2.26. The van der Waals surface area contributed by atoms with Crippen molar-refractivity contribution in [2.75, 3.05) is 18.4 Å². The van der Waals surface area contributed by atoms with Crippen molar-refractivity contribution in [1.82, 2.24) is 4.31 Å². The Morgan fingerprint density at radius 2 is 1.69 bits per heavy atom. The van der Waals surface area contributed by atoms with Crippen LogP contribution in [0.15, 0.2) is 41.3 Å². The Labute approximate surface area is 174 Å². The second-order valence-electron chi connectivity index (χ2n) is 7.72. The van der Waals surface area contributed by atoms with E-state index in [-0.39, 0.29) is 10.8 Å². The summed E-state index contributed by atoms with van der Waals surface area (Å²) in [5.41, 5.74) is 3.87. The van der Waals surface area contributed by atoms with Gasteiger partial charge in [0.1, 0.15) is 0 Å². The van der Waals surface area contributed by atoms with Gasteiger partial charge in [0.05, 0.1) is 4.90 Å². The van der Waals surface area contributed by atoms with Gasteiger partial charge < -0.3 is 5.32 Å². The number of hydrogen-bond acceptors (Lipinski definition) is 3. The van der Waals surface area contributed by atoms with Gasteiger partial charge in [-0.3, -0.25) is 4.79 Å². The van der Waals surface area contributed by atoms with E-state index in [1.165, 1.54) is 6.07 Å². The van der Waals surface area contributed by atoms with Gasteiger partial charge in [0, 0.05) is 24.3 Å². The first-order chi connectivity index (χ1) is 13.8. The number of anilines is 1. The Morgan fingerprint density at radius 1 is 1.00 bits per heavy atom. The number of nitrogens with one attached hydrogen (secondary N) is 1. The fraction of sp³-hybridized carbons (Fsp3) is 0.435. The molecule has 0 aliphatic carbocycles. The van der Waals surface area contributed by atoms with Crippen molar-refractivity contribution in [2.45, 2.75) is 57.8 Å². The van der Waals surface area contributed by atoms with Gasteiger partial charge in [-0.15, -0.1) is 0 Å². The van der Waals surface area contributed by atoms with E-state index in [0.29, 0.717) is 24.2 Å². The molecule has 0 atom stereocenters. The van der Waals surface area contributed by atoms with Gasteiger partial charge in [-0.05, 0) is 61.9 Å². The topological polar surface area (TPSA) is 66.5 Å². The van der Waals surface area contributed by atoms with E-state index < -0.39 is 10.0 Å². The molecule has 1 N–H and O–H groups in total. The van der Waals surface area contributed by atoms with Crippen molar-refractivity contribution in [3.05, 3.63) is 58.7 Å². The molecule has 29 heavy (non-hydrogen) atoms. The van der Waals surface area contributed by atoms with Gasteiger partial charge in [-0.1, -0.05) is 44.0 Å². The standard InChI is InChI=1S/C23H30N2O3S/c1-4-19-11-9-10-18(3)22(19)24-23(26)20-13-12-17(2)21(16-20)29(27,28)25-14-7-5-6-8-15-25/h9-13,16H,4-8,14-15H2,1-3H3,(H,24,26). The minimum Gasteiger partial charge on any atom is -0.321 e. The molecule has 6 heteroatoms. The van der Waals surface area contributed by atoms with Crippen LogP contribution in [0.1, 0.15) is 59.7 Å². The number of rotatable bonds is 5. The van der Waals surface area contributed by atoms with Crippen LogP contribution in [0.3, 0.4) is 0 Å². The molecule has 1 fully saturated rings. The van der Waals surface area contributed by atoms with E-state index in [9.17, 15) is 13.2 Å². The number of sulfonamides is 1. The lowest BCUT2D eigenvalue weighted by atomic mass is 10.1. The number of amides is 1. The molecule has 2 aromatic rings. The number of para-hydroxylation sites is 1. The van der Waals surface area contributed by atoms with E-state index in [2.05, 4.69) is 5.32 Å². The van der Waals surface area contributed by atoms with E-state index >= 15 is 0 Å². The molecule has 1 amide bonds. The average Bonchev–Trinajstić information content (AvgIpc) is 2.99. The Kier molecular flexibility index (Phi) is 6.75. The summed E-state index contributed by atoms with van der Waals surface area (Å²) in [7, 11) is -3.61. The molecule has 0 aromatic heterocycles. The van der Waals surface area contributed by atoms with Crippen molar-refractivity contribution in [2.24, 2.45) is 0 Å². The zero-order chi connectivity index (χ0) is 21.0. The van der Waals surface area contributed by atoms with Gasteiger partial charge in [0.15, 0.2) is 0 Å². The molecule has 0 radical (unpaired) electrons. The minimum absolute atomic E-state index is 0.229. The van der Waals surface area contributed by atoms with Crippen molar-refractivity contribution in [3.63, 3.8) is 0 Å².